The van der Waals surface area contributed by atoms with Crippen molar-refractivity contribution in [1.82, 2.24) is 19.8 Å². The molecule has 0 N–H and O–H groups in total. The maximum Gasteiger partial charge on any atom is 0.234 e. The van der Waals surface area contributed by atoms with Crippen LogP contribution in [-0.4, -0.2) is 19.8 Å². The maximum absolute atomic E-state index is 5.91. The van der Waals surface area contributed by atoms with Gasteiger partial charge in [0.25, 0.3) is 0 Å². The third-order valence-electron chi connectivity index (χ3n) is 3.42. The van der Waals surface area contributed by atoms with E-state index >= 15 is 0 Å². The Hall–Kier alpha value is -2.18. The van der Waals surface area contributed by atoms with Gasteiger partial charge in [0, 0.05) is 11.4 Å². The van der Waals surface area contributed by atoms with Gasteiger partial charge in [-0.2, -0.15) is 9.61 Å². The molecule has 0 spiro atoms. The molecule has 0 amide bonds. The summed E-state index contributed by atoms with van der Waals surface area (Å²) in [6.07, 6.45) is 2.33. The molecule has 4 rings (SSSR count). The normalized spacial score (nSPS) is 11.4. The van der Waals surface area contributed by atoms with Crippen molar-refractivity contribution in [2.45, 2.75) is 13.3 Å². The average molecular weight is 331 g/mol. The Kier molecular flexibility index (Phi) is 3.20. The van der Waals surface area contributed by atoms with Gasteiger partial charge < -0.3 is 4.42 Å². The summed E-state index contributed by atoms with van der Waals surface area (Å²) in [6, 6.07) is 9.63. The number of halogens is 1. The molecule has 4 aromatic rings. The van der Waals surface area contributed by atoms with E-state index in [1.54, 1.807) is 10.8 Å². The average Bonchev–Trinajstić information content (AvgIpc) is 3.18. The molecule has 0 saturated heterocycles. The Labute approximate surface area is 135 Å². The quantitative estimate of drug-likeness (QED) is 0.569. The predicted molar refractivity (Wildman–Crippen MR) is 85.4 cm³/mol. The van der Waals surface area contributed by atoms with Crippen LogP contribution in [0.25, 0.3) is 15.5 Å². The third-order valence-corrected chi connectivity index (χ3v) is 4.60. The van der Waals surface area contributed by atoms with Crippen LogP contribution in [0.1, 0.15) is 17.1 Å². The highest BCUT2D eigenvalue weighted by atomic mass is 35.5. The molecule has 3 aromatic heterocycles. The van der Waals surface area contributed by atoms with Crippen molar-refractivity contribution in [3.05, 3.63) is 58.8 Å². The van der Waals surface area contributed by atoms with Crippen molar-refractivity contribution >= 4 is 27.9 Å². The molecule has 0 atom stereocenters. The minimum absolute atomic E-state index is 0.659. The Bertz CT molecular complexity index is 938. The molecule has 7 heteroatoms. The van der Waals surface area contributed by atoms with Crippen LogP contribution >= 0.6 is 22.9 Å². The topological polar surface area (TPSA) is 56.2 Å². The molecular formula is C15H11ClN4OS. The van der Waals surface area contributed by atoms with Crippen molar-refractivity contribution < 1.29 is 4.42 Å². The molecule has 0 fully saturated rings. The summed E-state index contributed by atoms with van der Waals surface area (Å²) in [5.41, 5.74) is 2.11. The van der Waals surface area contributed by atoms with Gasteiger partial charge in [0.15, 0.2) is 10.8 Å². The van der Waals surface area contributed by atoms with E-state index in [-0.39, 0.29) is 0 Å². The number of aryl methyl sites for hydroxylation is 1. The fourth-order valence-electron chi connectivity index (χ4n) is 2.27. The van der Waals surface area contributed by atoms with Gasteiger partial charge in [-0.25, -0.2) is 0 Å². The van der Waals surface area contributed by atoms with Gasteiger partial charge in [0.1, 0.15) is 5.76 Å². The van der Waals surface area contributed by atoms with E-state index in [1.165, 1.54) is 11.3 Å². The highest BCUT2D eigenvalue weighted by molar-refractivity contribution is 7.19. The first kappa shape index (κ1) is 13.5. The van der Waals surface area contributed by atoms with Crippen LogP contribution in [0.4, 0.5) is 0 Å². The van der Waals surface area contributed by atoms with Crippen molar-refractivity contribution in [2.75, 3.05) is 0 Å². The molecule has 0 aliphatic carbocycles. The van der Waals surface area contributed by atoms with Crippen molar-refractivity contribution in [3.8, 4) is 10.6 Å². The number of benzene rings is 1. The molecule has 0 saturated carbocycles. The van der Waals surface area contributed by atoms with Crippen LogP contribution in [0.15, 0.2) is 41.0 Å². The Morgan fingerprint density at radius 3 is 2.73 bits per heavy atom. The largest absolute Gasteiger partial charge is 0.469 e. The van der Waals surface area contributed by atoms with Gasteiger partial charge >= 0.3 is 0 Å². The Balaban J connectivity index is 1.72. The van der Waals surface area contributed by atoms with Crippen LogP contribution in [0.2, 0.25) is 5.02 Å². The van der Waals surface area contributed by atoms with Gasteiger partial charge in [-0.1, -0.05) is 35.1 Å². The molecule has 0 radical (unpaired) electrons. The molecule has 0 bridgehead atoms. The Morgan fingerprint density at radius 1 is 1.18 bits per heavy atom. The summed E-state index contributed by atoms with van der Waals surface area (Å²) in [4.78, 5) is 0.777. The lowest BCUT2D eigenvalue weighted by Gasteiger charge is -1.98. The number of hydrogen-bond acceptors (Lipinski definition) is 5. The van der Waals surface area contributed by atoms with Crippen molar-refractivity contribution in [1.29, 1.82) is 0 Å². The summed E-state index contributed by atoms with van der Waals surface area (Å²) >= 11 is 7.41. The monoisotopic (exact) mass is 330 g/mol. The second-order valence-corrected chi connectivity index (χ2v) is 6.30. The molecule has 1 aromatic carbocycles. The van der Waals surface area contributed by atoms with E-state index in [0.717, 1.165) is 37.7 Å². The highest BCUT2D eigenvalue weighted by Gasteiger charge is 2.15. The number of hydrogen-bond donors (Lipinski definition) is 0. The number of rotatable bonds is 3. The zero-order chi connectivity index (χ0) is 15.1. The molecule has 110 valence electrons. The summed E-state index contributed by atoms with van der Waals surface area (Å²) in [7, 11) is 0. The van der Waals surface area contributed by atoms with Crippen LogP contribution in [0.3, 0.4) is 0 Å². The van der Waals surface area contributed by atoms with Crippen LogP contribution < -0.4 is 0 Å². The zero-order valence-electron chi connectivity index (χ0n) is 11.7. The number of fused-ring (bicyclic) bond motifs is 1. The molecule has 0 aliphatic heterocycles. The lowest BCUT2D eigenvalue weighted by Crippen LogP contribution is -1.97. The molecule has 22 heavy (non-hydrogen) atoms. The van der Waals surface area contributed by atoms with E-state index in [9.17, 15) is 0 Å². The van der Waals surface area contributed by atoms with Crippen LogP contribution in [0.5, 0.6) is 0 Å². The Morgan fingerprint density at radius 2 is 2.00 bits per heavy atom. The van der Waals surface area contributed by atoms with E-state index in [4.69, 9.17) is 16.0 Å². The lowest BCUT2D eigenvalue weighted by molar-refractivity contribution is 0.535. The predicted octanol–water partition coefficient (Wildman–Crippen LogP) is 4.00. The smallest absolute Gasteiger partial charge is 0.234 e. The molecule has 0 aliphatic rings. The fraction of sp³-hybridized carbons (Fsp3) is 0.133. The lowest BCUT2D eigenvalue weighted by atomic mass is 10.1. The first-order chi connectivity index (χ1) is 10.7. The first-order valence-corrected chi connectivity index (χ1v) is 7.90. The van der Waals surface area contributed by atoms with E-state index in [0.29, 0.717) is 6.42 Å². The zero-order valence-corrected chi connectivity index (χ0v) is 13.2. The van der Waals surface area contributed by atoms with Gasteiger partial charge in [0.2, 0.25) is 4.96 Å². The van der Waals surface area contributed by atoms with Crippen molar-refractivity contribution in [2.24, 2.45) is 0 Å². The van der Waals surface area contributed by atoms with E-state index in [2.05, 4.69) is 15.3 Å². The third kappa shape index (κ3) is 2.30. The van der Waals surface area contributed by atoms with Gasteiger partial charge in [-0.15, -0.1) is 10.2 Å². The van der Waals surface area contributed by atoms with E-state index < -0.39 is 0 Å². The number of furan rings is 1. The fourth-order valence-corrected chi connectivity index (χ4v) is 3.33. The van der Waals surface area contributed by atoms with Crippen molar-refractivity contribution in [3.63, 3.8) is 0 Å². The van der Waals surface area contributed by atoms with Gasteiger partial charge in [-0.05, 0) is 30.7 Å². The summed E-state index contributed by atoms with van der Waals surface area (Å²) in [6.45, 7) is 1.92. The standard InChI is InChI=1S/C15H11ClN4OS/c1-9-12(6-7-21-9)14-19-20-13(17-18-15(20)22-14)8-10-2-4-11(16)5-3-10/h2-7H,8H2,1H3. The molecular weight excluding hydrogens is 320 g/mol. The second kappa shape index (κ2) is 5.23. The first-order valence-electron chi connectivity index (χ1n) is 6.71. The van der Waals surface area contributed by atoms with Gasteiger partial charge in [-0.3, -0.25) is 0 Å². The second-order valence-electron chi connectivity index (χ2n) is 4.91. The number of aromatic nitrogens is 4. The SMILES string of the molecule is Cc1occc1-c1nn2c(Cc3ccc(Cl)cc3)nnc2s1. The van der Waals surface area contributed by atoms with Gasteiger partial charge in [0.05, 0.1) is 11.8 Å². The summed E-state index contributed by atoms with van der Waals surface area (Å²) < 4.78 is 7.13. The van der Waals surface area contributed by atoms with E-state index in [1.807, 2.05) is 37.3 Å². The summed E-state index contributed by atoms with van der Waals surface area (Å²) in [5, 5.41) is 14.6. The molecule has 0 unspecified atom stereocenters. The molecule has 3 heterocycles. The summed E-state index contributed by atoms with van der Waals surface area (Å²) in [5.74, 6) is 1.66. The van der Waals surface area contributed by atoms with Crippen LogP contribution in [0, 0.1) is 6.92 Å². The highest BCUT2D eigenvalue weighted by Crippen LogP contribution is 2.29. The minimum atomic E-state index is 0.659. The molecule has 5 nitrogen and oxygen atoms in total. The number of nitrogens with zero attached hydrogens (tertiary/aromatic N) is 4. The minimum Gasteiger partial charge on any atom is -0.469 e. The maximum atomic E-state index is 5.91. The van der Waals surface area contributed by atoms with Crippen LogP contribution in [-0.2, 0) is 6.42 Å².